The first kappa shape index (κ1) is 22.6. The van der Waals surface area contributed by atoms with Crippen molar-refractivity contribution < 1.29 is 23.7 Å². The summed E-state index contributed by atoms with van der Waals surface area (Å²) in [5.41, 5.74) is 0.838. The predicted molar refractivity (Wildman–Crippen MR) is 112 cm³/mol. The molecule has 1 heterocycles. The molecule has 0 saturated carbocycles. The number of methoxy groups -OCH3 is 3. The van der Waals surface area contributed by atoms with Gasteiger partial charge in [-0.05, 0) is 26.7 Å². The van der Waals surface area contributed by atoms with Crippen molar-refractivity contribution in [1.29, 1.82) is 0 Å². The van der Waals surface area contributed by atoms with Crippen LogP contribution in [-0.4, -0.2) is 64.4 Å². The van der Waals surface area contributed by atoms with Gasteiger partial charge in [0.1, 0.15) is 17.2 Å². The van der Waals surface area contributed by atoms with Crippen molar-refractivity contribution in [2.24, 2.45) is 10.9 Å². The molecule has 1 atom stereocenters. The highest BCUT2D eigenvalue weighted by molar-refractivity contribution is 5.81. The maximum Gasteiger partial charge on any atom is 0.310 e. The van der Waals surface area contributed by atoms with E-state index in [0.717, 1.165) is 37.5 Å². The number of esters is 1. The van der Waals surface area contributed by atoms with E-state index in [1.54, 1.807) is 21.3 Å². The van der Waals surface area contributed by atoms with Crippen LogP contribution in [0.2, 0.25) is 0 Å². The van der Waals surface area contributed by atoms with E-state index in [-0.39, 0.29) is 11.9 Å². The summed E-state index contributed by atoms with van der Waals surface area (Å²) in [6, 6.07) is 3.63. The molecule has 1 unspecified atom stereocenters. The number of piperidine rings is 1. The minimum atomic E-state index is -0.133. The number of rotatable bonds is 8. The van der Waals surface area contributed by atoms with Crippen molar-refractivity contribution in [3.63, 3.8) is 0 Å². The SMILES string of the molecule is CCNC(=NCc1c(OC)cc(OC)cc1OC)N1CCCC(C(=O)OCC)C1. The van der Waals surface area contributed by atoms with Gasteiger partial charge in [0.2, 0.25) is 0 Å². The molecule has 0 aromatic heterocycles. The first-order valence-electron chi connectivity index (χ1n) is 10.1. The second-order valence-corrected chi connectivity index (χ2v) is 6.72. The normalized spacial score (nSPS) is 16.9. The van der Waals surface area contributed by atoms with Crippen LogP contribution >= 0.6 is 0 Å². The van der Waals surface area contributed by atoms with E-state index >= 15 is 0 Å². The second-order valence-electron chi connectivity index (χ2n) is 6.72. The van der Waals surface area contributed by atoms with Gasteiger partial charge in [0, 0.05) is 31.8 Å². The molecule has 0 amide bonds. The Hall–Kier alpha value is -2.64. The molecule has 0 radical (unpaired) electrons. The number of guanidine groups is 1. The fourth-order valence-electron chi connectivity index (χ4n) is 3.44. The van der Waals surface area contributed by atoms with Gasteiger partial charge in [0.15, 0.2) is 5.96 Å². The number of nitrogens with zero attached hydrogens (tertiary/aromatic N) is 2. The molecule has 1 saturated heterocycles. The molecule has 1 aromatic rings. The first-order valence-corrected chi connectivity index (χ1v) is 10.1. The van der Waals surface area contributed by atoms with Gasteiger partial charge < -0.3 is 29.2 Å². The van der Waals surface area contributed by atoms with E-state index in [9.17, 15) is 4.79 Å². The molecule has 1 aliphatic heterocycles. The average Bonchev–Trinajstić information content (AvgIpc) is 2.76. The maximum atomic E-state index is 12.2. The van der Waals surface area contributed by atoms with Gasteiger partial charge in [-0.3, -0.25) is 4.79 Å². The smallest absolute Gasteiger partial charge is 0.310 e. The van der Waals surface area contributed by atoms with Gasteiger partial charge in [-0.25, -0.2) is 4.99 Å². The van der Waals surface area contributed by atoms with Crippen molar-refractivity contribution in [3.05, 3.63) is 17.7 Å². The fraction of sp³-hybridized carbons (Fsp3) is 0.619. The Labute approximate surface area is 173 Å². The minimum Gasteiger partial charge on any atom is -0.496 e. The largest absolute Gasteiger partial charge is 0.496 e. The van der Waals surface area contributed by atoms with Crippen LogP contribution in [0.3, 0.4) is 0 Å². The number of hydrogen-bond acceptors (Lipinski definition) is 6. The molecule has 1 aromatic carbocycles. The quantitative estimate of drug-likeness (QED) is 0.403. The van der Waals surface area contributed by atoms with Crippen LogP contribution in [-0.2, 0) is 16.1 Å². The Balaban J connectivity index is 2.24. The van der Waals surface area contributed by atoms with Crippen LogP contribution in [0, 0.1) is 5.92 Å². The predicted octanol–water partition coefficient (Wildman–Crippen LogP) is 2.45. The van der Waals surface area contributed by atoms with E-state index in [1.165, 1.54) is 0 Å². The molecule has 29 heavy (non-hydrogen) atoms. The van der Waals surface area contributed by atoms with Gasteiger partial charge >= 0.3 is 5.97 Å². The van der Waals surface area contributed by atoms with Crippen LogP contribution in [0.4, 0.5) is 0 Å². The number of likely N-dealkylation sites (tertiary alicyclic amines) is 1. The van der Waals surface area contributed by atoms with Crippen LogP contribution < -0.4 is 19.5 Å². The van der Waals surface area contributed by atoms with Crippen molar-refractivity contribution >= 4 is 11.9 Å². The Morgan fingerprint density at radius 3 is 2.41 bits per heavy atom. The summed E-state index contributed by atoms with van der Waals surface area (Å²) >= 11 is 0. The molecule has 2 rings (SSSR count). The summed E-state index contributed by atoms with van der Waals surface area (Å²) < 4.78 is 21.6. The van der Waals surface area contributed by atoms with Gasteiger partial charge in [-0.2, -0.15) is 0 Å². The fourth-order valence-corrected chi connectivity index (χ4v) is 3.44. The van der Waals surface area contributed by atoms with E-state index < -0.39 is 0 Å². The Morgan fingerprint density at radius 2 is 1.86 bits per heavy atom. The molecule has 1 N–H and O–H groups in total. The van der Waals surface area contributed by atoms with Crippen molar-refractivity contribution in [3.8, 4) is 17.2 Å². The zero-order valence-corrected chi connectivity index (χ0v) is 18.1. The molecule has 0 bridgehead atoms. The molecular weight excluding hydrogens is 374 g/mol. The van der Waals surface area contributed by atoms with Crippen LogP contribution in [0.5, 0.6) is 17.2 Å². The lowest BCUT2D eigenvalue weighted by molar-refractivity contribution is -0.149. The van der Waals surface area contributed by atoms with E-state index in [0.29, 0.717) is 36.9 Å². The lowest BCUT2D eigenvalue weighted by Gasteiger charge is -2.34. The molecule has 8 heteroatoms. The van der Waals surface area contributed by atoms with Crippen molar-refractivity contribution in [2.45, 2.75) is 33.2 Å². The Morgan fingerprint density at radius 1 is 1.17 bits per heavy atom. The highest BCUT2D eigenvalue weighted by atomic mass is 16.5. The Kier molecular flexibility index (Phi) is 8.89. The van der Waals surface area contributed by atoms with Gasteiger partial charge in [-0.1, -0.05) is 0 Å². The van der Waals surface area contributed by atoms with Gasteiger partial charge in [0.25, 0.3) is 0 Å². The van der Waals surface area contributed by atoms with E-state index in [4.69, 9.17) is 23.9 Å². The minimum absolute atomic E-state index is 0.127. The van der Waals surface area contributed by atoms with Crippen molar-refractivity contribution in [1.82, 2.24) is 10.2 Å². The lowest BCUT2D eigenvalue weighted by atomic mass is 9.98. The average molecular weight is 408 g/mol. The summed E-state index contributed by atoms with van der Waals surface area (Å²) in [6.45, 7) is 6.81. The molecule has 0 spiro atoms. The number of aliphatic imine (C=N–C) groups is 1. The summed E-state index contributed by atoms with van der Waals surface area (Å²) in [7, 11) is 4.83. The van der Waals surface area contributed by atoms with Crippen LogP contribution in [0.15, 0.2) is 17.1 Å². The molecule has 8 nitrogen and oxygen atoms in total. The standard InChI is InChI=1S/C21H33N3O5/c1-6-22-21(24-10-8-9-15(14-24)20(25)29-7-2)23-13-17-18(27-4)11-16(26-3)12-19(17)28-5/h11-12,15H,6-10,13-14H2,1-5H3,(H,22,23). The maximum absolute atomic E-state index is 12.2. The van der Waals surface area contributed by atoms with Gasteiger partial charge in [-0.15, -0.1) is 0 Å². The summed E-state index contributed by atoms with van der Waals surface area (Å²) in [6.07, 6.45) is 1.76. The second kappa shape index (κ2) is 11.4. The number of ether oxygens (including phenoxy) is 4. The van der Waals surface area contributed by atoms with E-state index in [1.807, 2.05) is 26.0 Å². The number of benzene rings is 1. The number of carbonyl (C=O) groups is 1. The molecule has 1 aliphatic rings. The third-order valence-electron chi connectivity index (χ3n) is 4.88. The molecule has 1 fully saturated rings. The third kappa shape index (κ3) is 5.92. The monoisotopic (exact) mass is 407 g/mol. The number of hydrogen-bond donors (Lipinski definition) is 1. The summed E-state index contributed by atoms with van der Waals surface area (Å²) in [4.78, 5) is 19.1. The van der Waals surface area contributed by atoms with Crippen LogP contribution in [0.1, 0.15) is 32.3 Å². The lowest BCUT2D eigenvalue weighted by Crippen LogP contribution is -2.48. The van der Waals surface area contributed by atoms with Crippen molar-refractivity contribution in [2.75, 3.05) is 47.6 Å². The summed E-state index contributed by atoms with van der Waals surface area (Å²) in [5.74, 6) is 2.48. The first-order chi connectivity index (χ1) is 14.1. The topological polar surface area (TPSA) is 81.6 Å². The molecular formula is C21H33N3O5. The molecule has 162 valence electrons. The molecule has 0 aliphatic carbocycles. The number of nitrogens with one attached hydrogen (secondary N) is 1. The number of carbonyl (C=O) groups excluding carboxylic acids is 1. The third-order valence-corrected chi connectivity index (χ3v) is 4.88. The zero-order valence-electron chi connectivity index (χ0n) is 18.1. The highest BCUT2D eigenvalue weighted by Crippen LogP contribution is 2.34. The van der Waals surface area contributed by atoms with Gasteiger partial charge in [0.05, 0.1) is 46.0 Å². The summed E-state index contributed by atoms with van der Waals surface area (Å²) in [5, 5.41) is 3.33. The van der Waals surface area contributed by atoms with E-state index in [2.05, 4.69) is 10.2 Å². The van der Waals surface area contributed by atoms with Crippen LogP contribution in [0.25, 0.3) is 0 Å². The Bertz CT molecular complexity index is 683. The zero-order chi connectivity index (χ0) is 21.2. The highest BCUT2D eigenvalue weighted by Gasteiger charge is 2.28.